The summed E-state index contributed by atoms with van der Waals surface area (Å²) in [5.41, 5.74) is 0. The summed E-state index contributed by atoms with van der Waals surface area (Å²) in [6, 6.07) is 0. The second-order valence-corrected chi connectivity index (χ2v) is 5.18. The Kier molecular flexibility index (Phi) is 5.73. The fourth-order valence-corrected chi connectivity index (χ4v) is 2.96. The van der Waals surface area contributed by atoms with Gasteiger partial charge >= 0.3 is 0 Å². The van der Waals surface area contributed by atoms with E-state index in [9.17, 15) is 0 Å². The van der Waals surface area contributed by atoms with E-state index in [1.807, 2.05) is 7.05 Å². The lowest BCUT2D eigenvalue weighted by Crippen LogP contribution is -2.39. The predicted octanol–water partition coefficient (Wildman–Crippen LogP) is 2.41. The standard InChI is InChI=1S/C13H27NO2/c1-11(10-14-2)8-12-6-5-7-13(9-12,15-3)16-4/h11-12,14H,5-10H2,1-4H3. The van der Waals surface area contributed by atoms with Crippen LogP contribution in [-0.2, 0) is 9.47 Å². The monoisotopic (exact) mass is 229 g/mol. The maximum atomic E-state index is 5.56. The van der Waals surface area contributed by atoms with E-state index in [1.165, 1.54) is 19.3 Å². The lowest BCUT2D eigenvalue weighted by molar-refractivity contribution is -0.232. The second-order valence-electron chi connectivity index (χ2n) is 5.18. The van der Waals surface area contributed by atoms with Gasteiger partial charge in [0.15, 0.2) is 5.79 Å². The Morgan fingerprint density at radius 3 is 2.62 bits per heavy atom. The van der Waals surface area contributed by atoms with Gasteiger partial charge in [-0.15, -0.1) is 0 Å². The molecular formula is C13H27NO2. The zero-order valence-corrected chi connectivity index (χ0v) is 11.2. The number of ether oxygens (including phenoxy) is 2. The molecule has 1 rings (SSSR count). The molecule has 0 amide bonds. The average Bonchev–Trinajstić information content (AvgIpc) is 2.29. The maximum absolute atomic E-state index is 5.56. The van der Waals surface area contributed by atoms with Gasteiger partial charge in [-0.1, -0.05) is 13.3 Å². The highest BCUT2D eigenvalue weighted by molar-refractivity contribution is 4.81. The Balaban J connectivity index is 2.43. The largest absolute Gasteiger partial charge is 0.353 e. The minimum Gasteiger partial charge on any atom is -0.353 e. The topological polar surface area (TPSA) is 30.5 Å². The molecule has 0 aromatic rings. The van der Waals surface area contributed by atoms with E-state index in [2.05, 4.69) is 12.2 Å². The molecular weight excluding hydrogens is 202 g/mol. The number of rotatable bonds is 6. The Morgan fingerprint density at radius 2 is 2.06 bits per heavy atom. The van der Waals surface area contributed by atoms with E-state index in [1.54, 1.807) is 14.2 Å². The van der Waals surface area contributed by atoms with Crippen molar-refractivity contribution in [1.82, 2.24) is 5.32 Å². The number of methoxy groups -OCH3 is 2. The van der Waals surface area contributed by atoms with E-state index in [0.717, 1.165) is 31.2 Å². The molecule has 1 fully saturated rings. The van der Waals surface area contributed by atoms with Crippen molar-refractivity contribution in [3.05, 3.63) is 0 Å². The molecule has 16 heavy (non-hydrogen) atoms. The third-order valence-electron chi connectivity index (χ3n) is 3.80. The molecule has 1 aliphatic carbocycles. The summed E-state index contributed by atoms with van der Waals surface area (Å²) in [4.78, 5) is 0. The SMILES string of the molecule is CNCC(C)CC1CCCC(OC)(OC)C1. The lowest BCUT2D eigenvalue weighted by atomic mass is 9.80. The molecule has 0 saturated heterocycles. The molecule has 3 nitrogen and oxygen atoms in total. The van der Waals surface area contributed by atoms with Crippen LogP contribution in [0, 0.1) is 11.8 Å². The van der Waals surface area contributed by atoms with Gasteiger partial charge in [-0.2, -0.15) is 0 Å². The normalized spacial score (nSPS) is 26.6. The van der Waals surface area contributed by atoms with Crippen molar-refractivity contribution in [2.75, 3.05) is 27.8 Å². The van der Waals surface area contributed by atoms with Crippen molar-refractivity contribution in [3.63, 3.8) is 0 Å². The first-order chi connectivity index (χ1) is 7.65. The third kappa shape index (κ3) is 3.72. The van der Waals surface area contributed by atoms with Crippen LogP contribution in [0.15, 0.2) is 0 Å². The van der Waals surface area contributed by atoms with E-state index >= 15 is 0 Å². The third-order valence-corrected chi connectivity index (χ3v) is 3.80. The van der Waals surface area contributed by atoms with Crippen molar-refractivity contribution < 1.29 is 9.47 Å². The highest BCUT2D eigenvalue weighted by atomic mass is 16.7. The van der Waals surface area contributed by atoms with Crippen molar-refractivity contribution in [2.45, 2.75) is 44.8 Å². The van der Waals surface area contributed by atoms with Gasteiger partial charge in [0.25, 0.3) is 0 Å². The Labute approximate surface area is 99.9 Å². The summed E-state index contributed by atoms with van der Waals surface area (Å²) in [7, 11) is 5.55. The van der Waals surface area contributed by atoms with Crippen LogP contribution >= 0.6 is 0 Å². The Bertz CT molecular complexity index is 192. The molecule has 2 atom stereocenters. The van der Waals surface area contributed by atoms with Gasteiger partial charge in [0.05, 0.1) is 0 Å². The molecule has 0 radical (unpaired) electrons. The smallest absolute Gasteiger partial charge is 0.167 e. The zero-order chi connectivity index (χ0) is 12.0. The van der Waals surface area contributed by atoms with Gasteiger partial charge in [0.2, 0.25) is 0 Å². The first kappa shape index (κ1) is 13.9. The van der Waals surface area contributed by atoms with Crippen molar-refractivity contribution in [3.8, 4) is 0 Å². The van der Waals surface area contributed by atoms with Gasteiger partial charge in [-0.3, -0.25) is 0 Å². The molecule has 96 valence electrons. The number of hydrogen-bond acceptors (Lipinski definition) is 3. The fraction of sp³-hybridized carbons (Fsp3) is 1.00. The molecule has 0 aliphatic heterocycles. The molecule has 0 aromatic heterocycles. The minimum absolute atomic E-state index is 0.303. The highest BCUT2D eigenvalue weighted by Gasteiger charge is 2.36. The van der Waals surface area contributed by atoms with Gasteiger partial charge in [0, 0.05) is 27.1 Å². The van der Waals surface area contributed by atoms with Gasteiger partial charge in [-0.25, -0.2) is 0 Å². The van der Waals surface area contributed by atoms with Crippen LogP contribution in [-0.4, -0.2) is 33.6 Å². The van der Waals surface area contributed by atoms with Crippen LogP contribution in [0.3, 0.4) is 0 Å². The quantitative estimate of drug-likeness (QED) is 0.710. The molecule has 0 spiro atoms. The second kappa shape index (κ2) is 6.58. The molecule has 3 heteroatoms. The Hall–Kier alpha value is -0.120. The maximum Gasteiger partial charge on any atom is 0.167 e. The van der Waals surface area contributed by atoms with Gasteiger partial charge < -0.3 is 14.8 Å². The predicted molar refractivity (Wildman–Crippen MR) is 66.4 cm³/mol. The van der Waals surface area contributed by atoms with Crippen molar-refractivity contribution in [1.29, 1.82) is 0 Å². The fourth-order valence-electron chi connectivity index (χ4n) is 2.96. The molecule has 2 unspecified atom stereocenters. The highest BCUT2D eigenvalue weighted by Crippen LogP contribution is 2.38. The minimum atomic E-state index is -0.303. The van der Waals surface area contributed by atoms with E-state index < -0.39 is 0 Å². The zero-order valence-electron chi connectivity index (χ0n) is 11.2. The Morgan fingerprint density at radius 1 is 1.38 bits per heavy atom. The summed E-state index contributed by atoms with van der Waals surface area (Å²) in [5, 5.41) is 3.24. The summed E-state index contributed by atoms with van der Waals surface area (Å²) >= 11 is 0. The lowest BCUT2D eigenvalue weighted by Gasteiger charge is -2.39. The summed E-state index contributed by atoms with van der Waals surface area (Å²) in [6.07, 6.45) is 5.90. The molecule has 0 bridgehead atoms. The van der Waals surface area contributed by atoms with Crippen LogP contribution in [0.4, 0.5) is 0 Å². The molecule has 1 N–H and O–H groups in total. The molecule has 1 saturated carbocycles. The molecule has 0 heterocycles. The van der Waals surface area contributed by atoms with Crippen LogP contribution in [0.5, 0.6) is 0 Å². The molecule has 0 aromatic carbocycles. The van der Waals surface area contributed by atoms with E-state index in [4.69, 9.17) is 9.47 Å². The van der Waals surface area contributed by atoms with Crippen LogP contribution in [0.2, 0.25) is 0 Å². The van der Waals surface area contributed by atoms with Crippen LogP contribution < -0.4 is 5.32 Å². The van der Waals surface area contributed by atoms with Crippen LogP contribution in [0.1, 0.15) is 39.0 Å². The summed E-state index contributed by atoms with van der Waals surface area (Å²) in [6.45, 7) is 3.41. The first-order valence-corrected chi connectivity index (χ1v) is 6.40. The van der Waals surface area contributed by atoms with Crippen molar-refractivity contribution in [2.24, 2.45) is 11.8 Å². The number of nitrogens with one attached hydrogen (secondary N) is 1. The van der Waals surface area contributed by atoms with Gasteiger partial charge in [0.1, 0.15) is 0 Å². The summed E-state index contributed by atoms with van der Waals surface area (Å²) in [5.74, 6) is 1.18. The van der Waals surface area contributed by atoms with Crippen molar-refractivity contribution >= 4 is 0 Å². The number of hydrogen-bond donors (Lipinski definition) is 1. The molecule has 1 aliphatic rings. The van der Waals surface area contributed by atoms with E-state index in [-0.39, 0.29) is 5.79 Å². The van der Waals surface area contributed by atoms with Crippen LogP contribution in [0.25, 0.3) is 0 Å². The summed E-state index contributed by atoms with van der Waals surface area (Å²) < 4.78 is 11.1. The average molecular weight is 229 g/mol. The van der Waals surface area contributed by atoms with Gasteiger partial charge in [-0.05, 0) is 38.3 Å². The van der Waals surface area contributed by atoms with E-state index in [0.29, 0.717) is 0 Å². The first-order valence-electron chi connectivity index (χ1n) is 6.40.